The SMILES string of the molecule is CC(C)(C)Oc1cc(-c2ccnc(Nc3ccccc3)n2)cc(N2CCOCC2)n1. The molecule has 3 aromatic rings. The number of rotatable bonds is 5. The van der Waals surface area contributed by atoms with Gasteiger partial charge in [-0.15, -0.1) is 0 Å². The molecule has 1 N–H and O–H groups in total. The van der Waals surface area contributed by atoms with Crippen molar-refractivity contribution in [3.05, 3.63) is 54.7 Å². The maximum Gasteiger partial charge on any atom is 0.227 e. The lowest BCUT2D eigenvalue weighted by Gasteiger charge is -2.29. The Kier molecular flexibility index (Phi) is 5.81. The van der Waals surface area contributed by atoms with E-state index in [1.807, 2.05) is 63.2 Å². The molecule has 30 heavy (non-hydrogen) atoms. The van der Waals surface area contributed by atoms with E-state index in [1.165, 1.54) is 0 Å². The van der Waals surface area contributed by atoms with E-state index in [0.717, 1.165) is 35.9 Å². The first-order chi connectivity index (χ1) is 14.5. The van der Waals surface area contributed by atoms with Crippen molar-refractivity contribution >= 4 is 17.5 Å². The zero-order chi connectivity index (χ0) is 21.0. The van der Waals surface area contributed by atoms with E-state index >= 15 is 0 Å². The van der Waals surface area contributed by atoms with Crippen molar-refractivity contribution in [2.45, 2.75) is 26.4 Å². The van der Waals surface area contributed by atoms with Crippen LogP contribution in [-0.2, 0) is 4.74 Å². The summed E-state index contributed by atoms with van der Waals surface area (Å²) < 4.78 is 11.6. The number of para-hydroxylation sites is 1. The van der Waals surface area contributed by atoms with Crippen LogP contribution in [0.1, 0.15) is 20.8 Å². The molecule has 2 aromatic heterocycles. The van der Waals surface area contributed by atoms with Crippen molar-refractivity contribution in [1.29, 1.82) is 0 Å². The number of ether oxygens (including phenoxy) is 2. The molecule has 0 aliphatic carbocycles. The lowest BCUT2D eigenvalue weighted by molar-refractivity contribution is 0.119. The van der Waals surface area contributed by atoms with Crippen LogP contribution in [0.3, 0.4) is 0 Å². The van der Waals surface area contributed by atoms with Crippen LogP contribution in [0.25, 0.3) is 11.3 Å². The van der Waals surface area contributed by atoms with Crippen LogP contribution in [0.2, 0.25) is 0 Å². The molecule has 0 amide bonds. The molecule has 1 aliphatic rings. The summed E-state index contributed by atoms with van der Waals surface area (Å²) in [6, 6.07) is 15.8. The number of pyridine rings is 1. The van der Waals surface area contributed by atoms with E-state index in [0.29, 0.717) is 25.0 Å². The summed E-state index contributed by atoms with van der Waals surface area (Å²) in [5, 5.41) is 3.25. The van der Waals surface area contributed by atoms with Crippen molar-refractivity contribution in [3.8, 4) is 17.1 Å². The van der Waals surface area contributed by atoms with Gasteiger partial charge in [-0.2, -0.15) is 4.98 Å². The van der Waals surface area contributed by atoms with Crippen LogP contribution < -0.4 is 15.0 Å². The molecule has 3 heterocycles. The number of hydrogen-bond acceptors (Lipinski definition) is 7. The first kappa shape index (κ1) is 20.1. The maximum atomic E-state index is 6.09. The fourth-order valence-corrected chi connectivity index (χ4v) is 3.19. The first-order valence-electron chi connectivity index (χ1n) is 10.2. The minimum absolute atomic E-state index is 0.348. The Bertz CT molecular complexity index is 982. The highest BCUT2D eigenvalue weighted by molar-refractivity contribution is 5.66. The second-order valence-electron chi connectivity index (χ2n) is 8.12. The lowest BCUT2D eigenvalue weighted by Crippen LogP contribution is -2.37. The maximum absolute atomic E-state index is 6.09. The molecule has 0 radical (unpaired) electrons. The molecular formula is C23H27N5O2. The topological polar surface area (TPSA) is 72.4 Å². The molecule has 0 atom stereocenters. The van der Waals surface area contributed by atoms with Crippen LogP contribution in [0.5, 0.6) is 5.88 Å². The summed E-state index contributed by atoms with van der Waals surface area (Å²) in [6.45, 7) is 9.04. The van der Waals surface area contributed by atoms with E-state index in [2.05, 4.69) is 21.3 Å². The Hall–Kier alpha value is -3.19. The number of nitrogens with one attached hydrogen (secondary N) is 1. The number of nitrogens with zero attached hydrogens (tertiary/aromatic N) is 4. The predicted molar refractivity (Wildman–Crippen MR) is 118 cm³/mol. The number of hydrogen-bond donors (Lipinski definition) is 1. The quantitative estimate of drug-likeness (QED) is 0.679. The van der Waals surface area contributed by atoms with Gasteiger partial charge in [-0.25, -0.2) is 9.97 Å². The second-order valence-corrected chi connectivity index (χ2v) is 8.12. The zero-order valence-electron chi connectivity index (χ0n) is 17.6. The van der Waals surface area contributed by atoms with Gasteiger partial charge in [-0.3, -0.25) is 0 Å². The molecule has 0 unspecified atom stereocenters. The molecule has 7 nitrogen and oxygen atoms in total. The third kappa shape index (κ3) is 5.24. The van der Waals surface area contributed by atoms with Crippen molar-refractivity contribution in [3.63, 3.8) is 0 Å². The molecule has 1 aliphatic heterocycles. The van der Waals surface area contributed by atoms with Gasteiger partial charge in [0.1, 0.15) is 11.4 Å². The number of anilines is 3. The summed E-state index contributed by atoms with van der Waals surface area (Å²) in [6.07, 6.45) is 1.76. The van der Waals surface area contributed by atoms with Crippen molar-refractivity contribution < 1.29 is 9.47 Å². The highest BCUT2D eigenvalue weighted by Crippen LogP contribution is 2.29. The van der Waals surface area contributed by atoms with Gasteiger partial charge in [0, 0.05) is 36.6 Å². The average Bonchev–Trinajstić information content (AvgIpc) is 2.74. The largest absolute Gasteiger partial charge is 0.472 e. The lowest BCUT2D eigenvalue weighted by atomic mass is 10.1. The Morgan fingerprint density at radius 2 is 1.77 bits per heavy atom. The summed E-state index contributed by atoms with van der Waals surface area (Å²) in [5.41, 5.74) is 2.33. The highest BCUT2D eigenvalue weighted by Gasteiger charge is 2.19. The van der Waals surface area contributed by atoms with E-state index in [9.17, 15) is 0 Å². The molecule has 0 spiro atoms. The average molecular weight is 406 g/mol. The van der Waals surface area contributed by atoms with Gasteiger partial charge in [-0.1, -0.05) is 18.2 Å². The van der Waals surface area contributed by atoms with Gasteiger partial charge < -0.3 is 19.7 Å². The minimum Gasteiger partial charge on any atom is -0.472 e. The van der Waals surface area contributed by atoms with Crippen molar-refractivity contribution in [2.75, 3.05) is 36.5 Å². The van der Waals surface area contributed by atoms with Crippen molar-refractivity contribution in [1.82, 2.24) is 15.0 Å². The third-order valence-corrected chi connectivity index (χ3v) is 4.52. The molecule has 1 saturated heterocycles. The molecule has 4 rings (SSSR count). The van der Waals surface area contributed by atoms with Crippen LogP contribution in [0, 0.1) is 0 Å². The van der Waals surface area contributed by atoms with E-state index in [-0.39, 0.29) is 5.60 Å². The molecule has 1 fully saturated rings. The monoisotopic (exact) mass is 405 g/mol. The van der Waals surface area contributed by atoms with Gasteiger partial charge in [0.2, 0.25) is 11.8 Å². The van der Waals surface area contributed by atoms with Crippen LogP contribution in [-0.4, -0.2) is 46.9 Å². The highest BCUT2D eigenvalue weighted by atomic mass is 16.5. The zero-order valence-corrected chi connectivity index (χ0v) is 17.6. The number of morpholine rings is 1. The Labute approximate surface area is 177 Å². The first-order valence-corrected chi connectivity index (χ1v) is 10.2. The molecule has 0 saturated carbocycles. The van der Waals surface area contributed by atoms with Crippen LogP contribution in [0.15, 0.2) is 54.7 Å². The minimum atomic E-state index is -0.348. The summed E-state index contributed by atoms with van der Waals surface area (Å²) in [5.74, 6) is 1.99. The molecular weight excluding hydrogens is 378 g/mol. The Morgan fingerprint density at radius 3 is 2.50 bits per heavy atom. The molecule has 156 valence electrons. The van der Waals surface area contributed by atoms with Crippen molar-refractivity contribution in [2.24, 2.45) is 0 Å². The summed E-state index contributed by atoms with van der Waals surface area (Å²) >= 11 is 0. The summed E-state index contributed by atoms with van der Waals surface area (Å²) in [4.78, 5) is 16.0. The number of benzene rings is 1. The Balaban J connectivity index is 1.68. The van der Waals surface area contributed by atoms with E-state index < -0.39 is 0 Å². The molecule has 1 aromatic carbocycles. The molecule has 7 heteroatoms. The van der Waals surface area contributed by atoms with E-state index in [1.54, 1.807) is 6.20 Å². The summed E-state index contributed by atoms with van der Waals surface area (Å²) in [7, 11) is 0. The van der Waals surface area contributed by atoms with Gasteiger partial charge >= 0.3 is 0 Å². The Morgan fingerprint density at radius 1 is 1.00 bits per heavy atom. The fourth-order valence-electron chi connectivity index (χ4n) is 3.19. The van der Waals surface area contributed by atoms with Gasteiger partial charge in [0.05, 0.1) is 18.9 Å². The van der Waals surface area contributed by atoms with Crippen LogP contribution >= 0.6 is 0 Å². The smallest absolute Gasteiger partial charge is 0.227 e. The second kappa shape index (κ2) is 8.67. The fraction of sp³-hybridized carbons (Fsp3) is 0.348. The normalized spacial score (nSPS) is 14.4. The van der Waals surface area contributed by atoms with Crippen LogP contribution in [0.4, 0.5) is 17.5 Å². The third-order valence-electron chi connectivity index (χ3n) is 4.52. The predicted octanol–water partition coefficient (Wildman–Crippen LogP) is 4.30. The molecule has 0 bridgehead atoms. The van der Waals surface area contributed by atoms with Gasteiger partial charge in [0.25, 0.3) is 0 Å². The standard InChI is InChI=1S/C23H27N5O2/c1-23(2,3)30-21-16-17(15-20(27-21)28-11-13-29-14-12-28)19-9-10-24-22(26-19)25-18-7-5-4-6-8-18/h4-10,15-16H,11-14H2,1-3H3,(H,24,25,26). The number of aromatic nitrogens is 3. The van der Waals surface area contributed by atoms with Gasteiger partial charge in [0.15, 0.2) is 0 Å². The van der Waals surface area contributed by atoms with E-state index in [4.69, 9.17) is 19.4 Å². The van der Waals surface area contributed by atoms with Gasteiger partial charge in [-0.05, 0) is 45.0 Å².